The maximum atomic E-state index is 5.31. The highest BCUT2D eigenvalue weighted by Gasteiger charge is 2.11. The summed E-state index contributed by atoms with van der Waals surface area (Å²) in [6, 6.07) is 0. The minimum absolute atomic E-state index is 0.301. The van der Waals surface area contributed by atoms with E-state index >= 15 is 0 Å². The predicted molar refractivity (Wildman–Crippen MR) is 60.6 cm³/mol. The van der Waals surface area contributed by atoms with Crippen LogP contribution in [0.3, 0.4) is 0 Å². The van der Waals surface area contributed by atoms with Crippen LogP contribution in [0, 0.1) is 0 Å². The third-order valence-electron chi connectivity index (χ3n) is 2.10. The number of nitrogens with zero attached hydrogens (tertiary/aromatic N) is 1. The topological polar surface area (TPSA) is 21.7 Å². The molecule has 1 aliphatic rings. The highest BCUT2D eigenvalue weighted by molar-refractivity contribution is 5.28. The molecule has 0 atom stereocenters. The van der Waals surface area contributed by atoms with Crippen LogP contribution in [0.2, 0.25) is 0 Å². The molecule has 0 aromatic heterocycles. The van der Waals surface area contributed by atoms with Gasteiger partial charge in [-0.25, -0.2) is 0 Å². The fourth-order valence-electron chi connectivity index (χ4n) is 1.25. The minimum atomic E-state index is 0.301. The Kier molecular flexibility index (Phi) is 4.03. The molecular weight excluding hydrogens is 190 g/mol. The average molecular weight is 207 g/mol. The third-order valence-corrected chi connectivity index (χ3v) is 2.10. The van der Waals surface area contributed by atoms with Gasteiger partial charge in [0.25, 0.3) is 0 Å². The second-order valence-electron chi connectivity index (χ2n) is 3.19. The Morgan fingerprint density at radius 1 is 1.47 bits per heavy atom. The average Bonchev–Trinajstić information content (AvgIpc) is 2.61. The van der Waals surface area contributed by atoms with Gasteiger partial charge in [0.15, 0.2) is 5.76 Å². The van der Waals surface area contributed by atoms with Crippen molar-refractivity contribution in [2.75, 3.05) is 13.8 Å². The van der Waals surface area contributed by atoms with E-state index in [0.717, 1.165) is 17.2 Å². The molecule has 3 heteroatoms. The van der Waals surface area contributed by atoms with Gasteiger partial charge in [-0.1, -0.05) is 12.7 Å². The van der Waals surface area contributed by atoms with Crippen molar-refractivity contribution < 1.29 is 9.47 Å². The Balaban J connectivity index is 2.86. The minimum Gasteiger partial charge on any atom is -0.458 e. The van der Waals surface area contributed by atoms with Crippen LogP contribution in [0.15, 0.2) is 48.2 Å². The molecule has 15 heavy (non-hydrogen) atoms. The van der Waals surface area contributed by atoms with E-state index in [1.54, 1.807) is 6.08 Å². The first-order valence-electron chi connectivity index (χ1n) is 4.85. The van der Waals surface area contributed by atoms with Crippen LogP contribution in [0.4, 0.5) is 0 Å². The largest absolute Gasteiger partial charge is 0.458 e. The van der Waals surface area contributed by atoms with Crippen LogP contribution in [-0.4, -0.2) is 18.7 Å². The lowest BCUT2D eigenvalue weighted by Crippen LogP contribution is -2.08. The van der Waals surface area contributed by atoms with E-state index in [1.165, 1.54) is 0 Å². The summed E-state index contributed by atoms with van der Waals surface area (Å²) in [6.07, 6.45) is 7.61. The van der Waals surface area contributed by atoms with E-state index in [0.29, 0.717) is 6.79 Å². The monoisotopic (exact) mass is 207 g/mol. The number of rotatable bonds is 4. The van der Waals surface area contributed by atoms with Crippen molar-refractivity contribution in [1.82, 2.24) is 4.90 Å². The van der Waals surface area contributed by atoms with E-state index in [4.69, 9.17) is 9.47 Å². The third kappa shape index (κ3) is 2.91. The summed E-state index contributed by atoms with van der Waals surface area (Å²) in [6.45, 7) is 7.92. The molecule has 3 nitrogen and oxygen atoms in total. The zero-order valence-corrected chi connectivity index (χ0v) is 9.49. The lowest BCUT2D eigenvalue weighted by atomic mass is 10.3. The lowest BCUT2D eigenvalue weighted by Gasteiger charge is -2.14. The Labute approximate surface area is 91.0 Å². The van der Waals surface area contributed by atoms with Crippen molar-refractivity contribution in [3.8, 4) is 0 Å². The molecule has 0 radical (unpaired) electrons. The van der Waals surface area contributed by atoms with Crippen LogP contribution in [0.5, 0.6) is 0 Å². The quantitative estimate of drug-likeness (QED) is 0.662. The molecule has 0 spiro atoms. The van der Waals surface area contributed by atoms with Crippen molar-refractivity contribution in [2.45, 2.75) is 13.8 Å². The van der Waals surface area contributed by atoms with Gasteiger partial charge in [0.05, 0.1) is 0 Å². The number of allylic oxidation sites excluding steroid dienone is 4. The van der Waals surface area contributed by atoms with Crippen molar-refractivity contribution in [2.24, 2.45) is 0 Å². The highest BCUT2D eigenvalue weighted by Crippen LogP contribution is 2.19. The molecule has 0 saturated carbocycles. The first kappa shape index (κ1) is 11.4. The molecule has 0 bridgehead atoms. The Morgan fingerprint density at radius 2 is 2.20 bits per heavy atom. The summed E-state index contributed by atoms with van der Waals surface area (Å²) < 4.78 is 10.5. The molecule has 1 aliphatic heterocycles. The summed E-state index contributed by atoms with van der Waals surface area (Å²) in [7, 11) is 1.96. The summed E-state index contributed by atoms with van der Waals surface area (Å²) >= 11 is 0. The van der Waals surface area contributed by atoms with Gasteiger partial charge >= 0.3 is 0 Å². The molecule has 0 fully saturated rings. The molecular formula is C12H17NO2. The van der Waals surface area contributed by atoms with E-state index in [9.17, 15) is 0 Å². The predicted octanol–water partition coefficient (Wildman–Crippen LogP) is 2.76. The van der Waals surface area contributed by atoms with Crippen LogP contribution in [0.25, 0.3) is 0 Å². The fraction of sp³-hybridized carbons (Fsp3) is 0.333. The van der Waals surface area contributed by atoms with Crippen LogP contribution in [0.1, 0.15) is 13.8 Å². The van der Waals surface area contributed by atoms with Gasteiger partial charge in [0, 0.05) is 18.8 Å². The molecule has 0 amide bonds. The van der Waals surface area contributed by atoms with Gasteiger partial charge in [0.1, 0.15) is 5.76 Å². The van der Waals surface area contributed by atoms with Gasteiger partial charge < -0.3 is 14.4 Å². The zero-order chi connectivity index (χ0) is 11.3. The highest BCUT2D eigenvalue weighted by atomic mass is 16.7. The van der Waals surface area contributed by atoms with Crippen molar-refractivity contribution >= 4 is 0 Å². The normalized spacial score (nSPS) is 16.6. The van der Waals surface area contributed by atoms with Crippen LogP contribution >= 0.6 is 0 Å². The number of hydrogen-bond acceptors (Lipinski definition) is 3. The van der Waals surface area contributed by atoms with E-state index in [1.807, 2.05) is 44.1 Å². The molecule has 1 rings (SSSR count). The van der Waals surface area contributed by atoms with Crippen molar-refractivity contribution in [3.63, 3.8) is 0 Å². The van der Waals surface area contributed by atoms with Gasteiger partial charge in [0.2, 0.25) is 6.79 Å². The Bertz CT molecular complexity index is 327. The SMILES string of the molecule is C=C/C(=C\C1=C(C)OCO1)N(C)/C=C/C. The summed E-state index contributed by atoms with van der Waals surface area (Å²) in [5.74, 6) is 1.57. The molecule has 0 saturated heterocycles. The maximum absolute atomic E-state index is 5.31. The van der Waals surface area contributed by atoms with E-state index in [2.05, 4.69) is 6.58 Å². The van der Waals surface area contributed by atoms with Crippen molar-refractivity contribution in [1.29, 1.82) is 0 Å². The van der Waals surface area contributed by atoms with Gasteiger partial charge in [-0.05, 0) is 26.1 Å². The fourth-order valence-corrected chi connectivity index (χ4v) is 1.25. The molecule has 1 heterocycles. The second kappa shape index (κ2) is 5.29. The lowest BCUT2D eigenvalue weighted by molar-refractivity contribution is 0.0749. The van der Waals surface area contributed by atoms with E-state index < -0.39 is 0 Å². The summed E-state index contributed by atoms with van der Waals surface area (Å²) in [4.78, 5) is 1.97. The van der Waals surface area contributed by atoms with Crippen LogP contribution in [-0.2, 0) is 9.47 Å². The van der Waals surface area contributed by atoms with Crippen molar-refractivity contribution in [3.05, 3.63) is 48.2 Å². The summed E-state index contributed by atoms with van der Waals surface area (Å²) in [5.41, 5.74) is 0.966. The molecule has 0 N–H and O–H groups in total. The zero-order valence-electron chi connectivity index (χ0n) is 9.49. The molecule has 82 valence electrons. The summed E-state index contributed by atoms with van der Waals surface area (Å²) in [5, 5.41) is 0. The Hall–Kier alpha value is -1.64. The molecule has 0 aromatic carbocycles. The smallest absolute Gasteiger partial charge is 0.230 e. The van der Waals surface area contributed by atoms with Gasteiger partial charge in [-0.2, -0.15) is 0 Å². The molecule has 0 aliphatic carbocycles. The molecule has 0 aromatic rings. The number of likely N-dealkylation sites (N-methyl/N-ethyl adjacent to an activating group) is 1. The van der Waals surface area contributed by atoms with Crippen LogP contribution < -0.4 is 0 Å². The number of hydrogen-bond donors (Lipinski definition) is 0. The Morgan fingerprint density at radius 3 is 2.67 bits per heavy atom. The molecule has 0 unspecified atom stereocenters. The van der Waals surface area contributed by atoms with E-state index in [-0.39, 0.29) is 0 Å². The first-order valence-corrected chi connectivity index (χ1v) is 4.85. The van der Waals surface area contributed by atoms with Gasteiger partial charge in [-0.3, -0.25) is 0 Å². The standard InChI is InChI=1S/C12H17NO2/c1-5-7-13(4)11(6-2)8-12-10(3)14-9-15-12/h5-8H,2,9H2,1,3-4H3/b7-5+,11-8+. The first-order chi connectivity index (χ1) is 7.19. The maximum Gasteiger partial charge on any atom is 0.230 e. The number of ether oxygens (including phenoxy) is 2. The second-order valence-corrected chi connectivity index (χ2v) is 3.19. The van der Waals surface area contributed by atoms with Gasteiger partial charge in [-0.15, -0.1) is 0 Å².